The zero-order valence-electron chi connectivity index (χ0n) is 14.0. The van der Waals surface area contributed by atoms with Gasteiger partial charge in [0.25, 0.3) is 0 Å². The number of hydrogen-bond donors (Lipinski definition) is 1. The lowest BCUT2D eigenvalue weighted by Crippen LogP contribution is -2.47. The summed E-state index contributed by atoms with van der Waals surface area (Å²) in [6.07, 6.45) is 3.52. The number of hydrogen-bond acceptors (Lipinski definition) is 3. The number of aryl methyl sites for hydroxylation is 1. The molecule has 5 heteroatoms. The van der Waals surface area contributed by atoms with Crippen molar-refractivity contribution in [2.45, 2.75) is 32.2 Å². The predicted octanol–water partition coefficient (Wildman–Crippen LogP) is 3.47. The van der Waals surface area contributed by atoms with Gasteiger partial charge < -0.3 is 10.1 Å². The summed E-state index contributed by atoms with van der Waals surface area (Å²) in [6.45, 7) is 8.65. The lowest BCUT2D eigenvalue weighted by Gasteiger charge is -2.41. The Kier molecular flexibility index (Phi) is 9.48. The third kappa shape index (κ3) is 5.33. The molecule has 132 valence electrons. The van der Waals surface area contributed by atoms with E-state index in [0.29, 0.717) is 6.04 Å². The van der Waals surface area contributed by atoms with Gasteiger partial charge in [0.05, 0.1) is 0 Å². The van der Waals surface area contributed by atoms with Crippen LogP contribution < -0.4 is 5.32 Å². The normalized spacial score (nSPS) is 21.1. The predicted molar refractivity (Wildman–Crippen MR) is 101 cm³/mol. The van der Waals surface area contributed by atoms with E-state index in [1.807, 2.05) is 0 Å². The number of ether oxygens (including phenoxy) is 1. The highest BCUT2D eigenvalue weighted by Crippen LogP contribution is 2.35. The van der Waals surface area contributed by atoms with Gasteiger partial charge in [0, 0.05) is 45.4 Å². The number of nitrogens with zero attached hydrogens (tertiary/aromatic N) is 1. The Morgan fingerprint density at radius 3 is 2.26 bits per heavy atom. The van der Waals surface area contributed by atoms with Crippen molar-refractivity contribution in [1.29, 1.82) is 0 Å². The first-order chi connectivity index (χ1) is 10.4. The quantitative estimate of drug-likeness (QED) is 0.889. The van der Waals surface area contributed by atoms with Crippen molar-refractivity contribution in [2.24, 2.45) is 5.92 Å². The van der Waals surface area contributed by atoms with Crippen LogP contribution in [-0.4, -0.2) is 44.3 Å². The standard InChI is InChI=1S/C18H28N2O.2ClH/c1-2-15-3-5-16(6-4-15)18(17-7-13-21-14-8-17)20-11-9-19-10-12-20;;/h3-6,17-19H,2,7-14H2,1H3;2*1H/t18-;;/m1../s1. The van der Waals surface area contributed by atoms with Gasteiger partial charge in [-0.15, -0.1) is 24.8 Å². The molecule has 0 amide bonds. The van der Waals surface area contributed by atoms with Crippen molar-refractivity contribution in [2.75, 3.05) is 39.4 Å². The van der Waals surface area contributed by atoms with Crippen LogP contribution in [0.15, 0.2) is 24.3 Å². The highest BCUT2D eigenvalue weighted by Gasteiger charge is 2.31. The van der Waals surface area contributed by atoms with Crippen LogP contribution >= 0.6 is 24.8 Å². The third-order valence-electron chi connectivity index (χ3n) is 4.99. The molecule has 2 heterocycles. The Bertz CT molecular complexity index is 411. The second-order valence-electron chi connectivity index (χ2n) is 6.28. The van der Waals surface area contributed by atoms with Crippen LogP contribution in [0.4, 0.5) is 0 Å². The minimum absolute atomic E-state index is 0. The molecule has 1 N–H and O–H groups in total. The molecule has 0 spiro atoms. The monoisotopic (exact) mass is 360 g/mol. The largest absolute Gasteiger partial charge is 0.381 e. The molecule has 2 aliphatic heterocycles. The maximum Gasteiger partial charge on any atom is 0.0469 e. The van der Waals surface area contributed by atoms with E-state index in [9.17, 15) is 0 Å². The smallest absolute Gasteiger partial charge is 0.0469 e. The molecule has 3 rings (SSSR count). The molecule has 2 aliphatic rings. The minimum Gasteiger partial charge on any atom is -0.381 e. The minimum atomic E-state index is 0. The summed E-state index contributed by atoms with van der Waals surface area (Å²) in [5, 5.41) is 3.48. The molecular formula is C18H30Cl2N2O. The fourth-order valence-corrected chi connectivity index (χ4v) is 3.72. The van der Waals surface area contributed by atoms with E-state index >= 15 is 0 Å². The summed E-state index contributed by atoms with van der Waals surface area (Å²) in [6, 6.07) is 9.91. The van der Waals surface area contributed by atoms with E-state index in [0.717, 1.165) is 51.7 Å². The highest BCUT2D eigenvalue weighted by molar-refractivity contribution is 5.85. The van der Waals surface area contributed by atoms with Crippen LogP contribution in [0.3, 0.4) is 0 Å². The molecule has 3 nitrogen and oxygen atoms in total. The van der Waals surface area contributed by atoms with E-state index < -0.39 is 0 Å². The van der Waals surface area contributed by atoms with E-state index in [2.05, 4.69) is 41.4 Å². The first-order valence-corrected chi connectivity index (χ1v) is 8.50. The SMILES string of the molecule is CCc1ccc([C@H](C2CCOCC2)N2CCNCC2)cc1.Cl.Cl. The molecule has 1 atom stereocenters. The van der Waals surface area contributed by atoms with Gasteiger partial charge in [0.15, 0.2) is 0 Å². The lowest BCUT2D eigenvalue weighted by molar-refractivity contribution is 0.0213. The average molecular weight is 361 g/mol. The van der Waals surface area contributed by atoms with Crippen molar-refractivity contribution in [1.82, 2.24) is 10.2 Å². The number of piperazine rings is 1. The van der Waals surface area contributed by atoms with Crippen LogP contribution in [-0.2, 0) is 11.2 Å². The van der Waals surface area contributed by atoms with Crippen LogP contribution in [0.2, 0.25) is 0 Å². The van der Waals surface area contributed by atoms with Crippen molar-refractivity contribution in [3.63, 3.8) is 0 Å². The molecule has 2 fully saturated rings. The van der Waals surface area contributed by atoms with Crippen LogP contribution in [0.1, 0.15) is 36.9 Å². The highest BCUT2D eigenvalue weighted by atomic mass is 35.5. The van der Waals surface area contributed by atoms with Gasteiger partial charge in [0.1, 0.15) is 0 Å². The van der Waals surface area contributed by atoms with Gasteiger partial charge in [-0.3, -0.25) is 4.90 Å². The third-order valence-corrected chi connectivity index (χ3v) is 4.99. The van der Waals surface area contributed by atoms with E-state index in [4.69, 9.17) is 4.74 Å². The molecule has 0 aliphatic carbocycles. The molecule has 1 aromatic carbocycles. The molecule has 1 aromatic rings. The Labute approximate surface area is 153 Å². The van der Waals surface area contributed by atoms with Gasteiger partial charge in [-0.2, -0.15) is 0 Å². The summed E-state index contributed by atoms with van der Waals surface area (Å²) in [5.41, 5.74) is 2.94. The summed E-state index contributed by atoms with van der Waals surface area (Å²) < 4.78 is 5.58. The average Bonchev–Trinajstić information content (AvgIpc) is 2.58. The van der Waals surface area contributed by atoms with Crippen molar-refractivity contribution in [3.8, 4) is 0 Å². The molecule has 0 radical (unpaired) electrons. The summed E-state index contributed by atoms with van der Waals surface area (Å²) in [5.74, 6) is 0.740. The van der Waals surface area contributed by atoms with E-state index in [1.165, 1.54) is 24.0 Å². The summed E-state index contributed by atoms with van der Waals surface area (Å²) >= 11 is 0. The molecule has 0 bridgehead atoms. The summed E-state index contributed by atoms with van der Waals surface area (Å²) in [4.78, 5) is 2.69. The van der Waals surface area contributed by atoms with Gasteiger partial charge in [-0.25, -0.2) is 0 Å². The second-order valence-corrected chi connectivity index (χ2v) is 6.28. The van der Waals surface area contributed by atoms with Crippen LogP contribution in [0.5, 0.6) is 0 Å². The number of rotatable bonds is 4. The van der Waals surface area contributed by atoms with E-state index in [1.54, 1.807) is 0 Å². The first kappa shape index (κ1) is 20.7. The van der Waals surface area contributed by atoms with Gasteiger partial charge >= 0.3 is 0 Å². The fourth-order valence-electron chi connectivity index (χ4n) is 3.72. The molecule has 0 saturated carbocycles. The van der Waals surface area contributed by atoms with Gasteiger partial charge in [-0.05, 0) is 36.3 Å². The topological polar surface area (TPSA) is 24.5 Å². The number of nitrogens with one attached hydrogen (secondary N) is 1. The Morgan fingerprint density at radius 2 is 1.70 bits per heavy atom. The Morgan fingerprint density at radius 1 is 1.09 bits per heavy atom. The van der Waals surface area contributed by atoms with Crippen LogP contribution in [0.25, 0.3) is 0 Å². The van der Waals surface area contributed by atoms with Gasteiger partial charge in [-0.1, -0.05) is 31.2 Å². The molecule has 0 unspecified atom stereocenters. The maximum absolute atomic E-state index is 5.58. The Balaban J connectivity index is 0.00000132. The molecule has 0 aromatic heterocycles. The zero-order chi connectivity index (χ0) is 14.5. The summed E-state index contributed by atoms with van der Waals surface area (Å²) in [7, 11) is 0. The molecular weight excluding hydrogens is 331 g/mol. The maximum atomic E-state index is 5.58. The van der Waals surface area contributed by atoms with E-state index in [-0.39, 0.29) is 24.8 Å². The number of benzene rings is 1. The zero-order valence-corrected chi connectivity index (χ0v) is 15.6. The fraction of sp³-hybridized carbons (Fsp3) is 0.667. The van der Waals surface area contributed by atoms with Gasteiger partial charge in [0.2, 0.25) is 0 Å². The van der Waals surface area contributed by atoms with Crippen molar-refractivity contribution in [3.05, 3.63) is 35.4 Å². The van der Waals surface area contributed by atoms with Crippen LogP contribution in [0, 0.1) is 5.92 Å². The molecule has 23 heavy (non-hydrogen) atoms. The Hall–Kier alpha value is -0.320. The number of halogens is 2. The molecule has 2 saturated heterocycles. The van der Waals surface area contributed by atoms with Crippen molar-refractivity contribution >= 4 is 24.8 Å². The first-order valence-electron chi connectivity index (χ1n) is 8.50. The van der Waals surface area contributed by atoms with Crippen molar-refractivity contribution < 1.29 is 4.74 Å². The lowest BCUT2D eigenvalue weighted by atomic mass is 9.85. The second kappa shape index (κ2) is 10.5.